The van der Waals surface area contributed by atoms with Gasteiger partial charge in [0.2, 0.25) is 0 Å². The molecule has 8 heavy (non-hydrogen) atoms. The van der Waals surface area contributed by atoms with E-state index in [-0.39, 0.29) is 103 Å². The van der Waals surface area contributed by atoms with E-state index in [4.69, 9.17) is 0 Å². The summed E-state index contributed by atoms with van der Waals surface area (Å²) in [4.78, 5) is 0. The van der Waals surface area contributed by atoms with Crippen molar-refractivity contribution < 1.29 is 0 Å². The Balaban J connectivity index is 0. The summed E-state index contributed by atoms with van der Waals surface area (Å²) in [6.45, 7) is 4.56. The van der Waals surface area contributed by atoms with Crippen molar-refractivity contribution in [1.82, 2.24) is 10.6 Å². The van der Waals surface area contributed by atoms with Crippen molar-refractivity contribution in [1.29, 1.82) is 0 Å². The molecule has 0 bridgehead atoms. The van der Waals surface area contributed by atoms with Crippen LogP contribution in [0.15, 0.2) is 0 Å². The first-order chi connectivity index (χ1) is 3.00. The third-order valence-corrected chi connectivity index (χ3v) is 0.957. The predicted octanol–water partition coefficient (Wildman–Crippen LogP) is -2.12. The summed E-state index contributed by atoms with van der Waals surface area (Å²) < 4.78 is 0. The summed E-state index contributed by atoms with van der Waals surface area (Å²) >= 11 is 0. The molecular formula is C4H12K2N2. The number of hydrogen-bond acceptors (Lipinski definition) is 2. The van der Waals surface area contributed by atoms with Gasteiger partial charge in [-0.1, -0.05) is 0 Å². The van der Waals surface area contributed by atoms with E-state index in [1.807, 2.05) is 0 Å². The standard InChI is InChI=1S/C4H10N2.2K.2H/c1-2-6-4-3-5-1;;;;/h5-6H,1-4H2;;;;. The average molecular weight is 166 g/mol. The van der Waals surface area contributed by atoms with Crippen molar-refractivity contribution >= 4 is 103 Å². The van der Waals surface area contributed by atoms with Gasteiger partial charge in [-0.05, 0) is 0 Å². The third-order valence-electron chi connectivity index (χ3n) is 0.957. The molecule has 1 aliphatic heterocycles. The van der Waals surface area contributed by atoms with Crippen LogP contribution in [-0.2, 0) is 0 Å². The molecule has 0 aromatic carbocycles. The van der Waals surface area contributed by atoms with E-state index in [0.717, 1.165) is 26.2 Å². The van der Waals surface area contributed by atoms with Gasteiger partial charge in [-0.2, -0.15) is 0 Å². The third kappa shape index (κ3) is 7.30. The van der Waals surface area contributed by atoms with Crippen LogP contribution in [0.2, 0.25) is 0 Å². The molecule has 4 heteroatoms. The van der Waals surface area contributed by atoms with Crippen LogP contribution >= 0.6 is 0 Å². The van der Waals surface area contributed by atoms with Crippen LogP contribution in [0.3, 0.4) is 0 Å². The molecule has 1 heterocycles. The van der Waals surface area contributed by atoms with E-state index in [1.165, 1.54) is 0 Å². The predicted molar refractivity (Wildman–Crippen MR) is 40.0 cm³/mol. The first kappa shape index (κ1) is 13.8. The monoisotopic (exact) mass is 166 g/mol. The summed E-state index contributed by atoms with van der Waals surface area (Å²) in [5.74, 6) is 0. The summed E-state index contributed by atoms with van der Waals surface area (Å²) in [5, 5.41) is 6.44. The Morgan fingerprint density at radius 3 is 1.00 bits per heavy atom. The summed E-state index contributed by atoms with van der Waals surface area (Å²) in [6, 6.07) is 0. The van der Waals surface area contributed by atoms with Gasteiger partial charge < -0.3 is 10.6 Å². The van der Waals surface area contributed by atoms with E-state index < -0.39 is 0 Å². The van der Waals surface area contributed by atoms with Crippen molar-refractivity contribution in [3.05, 3.63) is 0 Å². The van der Waals surface area contributed by atoms with E-state index >= 15 is 0 Å². The fourth-order valence-corrected chi connectivity index (χ4v) is 0.604. The Labute approximate surface area is 136 Å². The molecule has 2 N–H and O–H groups in total. The van der Waals surface area contributed by atoms with Gasteiger partial charge in [-0.25, -0.2) is 0 Å². The van der Waals surface area contributed by atoms with E-state index in [9.17, 15) is 0 Å². The molecule has 0 saturated carbocycles. The van der Waals surface area contributed by atoms with E-state index in [1.54, 1.807) is 0 Å². The normalized spacial score (nSPS) is 18.0. The zero-order valence-corrected chi connectivity index (χ0v) is 3.83. The number of piperazine rings is 1. The summed E-state index contributed by atoms with van der Waals surface area (Å²) in [6.07, 6.45) is 0. The van der Waals surface area contributed by atoms with Crippen molar-refractivity contribution in [3.8, 4) is 0 Å². The SMILES string of the molecule is C1CNCCN1.[KH].[KH]. The molecule has 2 nitrogen and oxygen atoms in total. The molecule has 1 aliphatic rings. The number of nitrogens with one attached hydrogen (secondary N) is 2. The maximum atomic E-state index is 3.22. The molecule has 0 aromatic rings. The Bertz CT molecular complexity index is 27.5. The van der Waals surface area contributed by atoms with Gasteiger partial charge in [0.15, 0.2) is 0 Å². The maximum absolute atomic E-state index is 3.22. The molecule has 0 radical (unpaired) electrons. The Morgan fingerprint density at radius 2 is 0.875 bits per heavy atom. The topological polar surface area (TPSA) is 24.1 Å². The molecular weight excluding hydrogens is 154 g/mol. The molecule has 1 fully saturated rings. The van der Waals surface area contributed by atoms with Gasteiger partial charge in [0.1, 0.15) is 0 Å². The Hall–Kier alpha value is 3.19. The molecule has 1 saturated heterocycles. The minimum atomic E-state index is 0. The minimum absolute atomic E-state index is 0. The van der Waals surface area contributed by atoms with Gasteiger partial charge in [-0.3, -0.25) is 0 Å². The van der Waals surface area contributed by atoms with Crippen LogP contribution in [0.5, 0.6) is 0 Å². The van der Waals surface area contributed by atoms with Gasteiger partial charge in [0.25, 0.3) is 0 Å². The molecule has 0 spiro atoms. The van der Waals surface area contributed by atoms with Crippen molar-refractivity contribution in [3.63, 3.8) is 0 Å². The molecule has 0 unspecified atom stereocenters. The molecule has 0 aliphatic carbocycles. The van der Waals surface area contributed by atoms with Gasteiger partial charge in [0, 0.05) is 26.2 Å². The molecule has 40 valence electrons. The zero-order chi connectivity index (χ0) is 4.24. The van der Waals surface area contributed by atoms with Crippen molar-refractivity contribution in [2.24, 2.45) is 0 Å². The number of hydrogen-bond donors (Lipinski definition) is 2. The van der Waals surface area contributed by atoms with Crippen LogP contribution < -0.4 is 10.6 Å². The van der Waals surface area contributed by atoms with Crippen LogP contribution in [-0.4, -0.2) is 129 Å². The van der Waals surface area contributed by atoms with Crippen LogP contribution in [0.4, 0.5) is 0 Å². The molecule has 0 atom stereocenters. The second kappa shape index (κ2) is 10.2. The van der Waals surface area contributed by atoms with Crippen LogP contribution in [0, 0.1) is 0 Å². The van der Waals surface area contributed by atoms with Gasteiger partial charge in [-0.15, -0.1) is 0 Å². The van der Waals surface area contributed by atoms with Gasteiger partial charge in [0.05, 0.1) is 0 Å². The zero-order valence-electron chi connectivity index (χ0n) is 3.83. The average Bonchev–Trinajstić information content (AvgIpc) is 1.72. The quantitative estimate of drug-likeness (QED) is 0.402. The summed E-state index contributed by atoms with van der Waals surface area (Å²) in [5.41, 5.74) is 0. The molecule has 0 amide bonds. The van der Waals surface area contributed by atoms with Crippen molar-refractivity contribution in [2.45, 2.75) is 0 Å². The van der Waals surface area contributed by atoms with Crippen LogP contribution in [0.25, 0.3) is 0 Å². The first-order valence-corrected chi connectivity index (χ1v) is 2.41. The fourth-order valence-electron chi connectivity index (χ4n) is 0.604. The molecule has 0 aromatic heterocycles. The van der Waals surface area contributed by atoms with Crippen molar-refractivity contribution in [2.75, 3.05) is 26.2 Å². The van der Waals surface area contributed by atoms with Crippen LogP contribution in [0.1, 0.15) is 0 Å². The van der Waals surface area contributed by atoms with E-state index in [2.05, 4.69) is 10.6 Å². The first-order valence-electron chi connectivity index (χ1n) is 2.41. The van der Waals surface area contributed by atoms with E-state index in [0.29, 0.717) is 0 Å². The van der Waals surface area contributed by atoms with Gasteiger partial charge >= 0.3 is 103 Å². The Kier molecular flexibility index (Phi) is 17.5. The second-order valence-corrected chi connectivity index (χ2v) is 1.50. The fraction of sp³-hybridized carbons (Fsp3) is 1.00. The second-order valence-electron chi connectivity index (χ2n) is 1.50. The number of rotatable bonds is 0. The Morgan fingerprint density at radius 1 is 0.625 bits per heavy atom. The summed E-state index contributed by atoms with van der Waals surface area (Å²) in [7, 11) is 0. The molecule has 1 rings (SSSR count).